The number of ether oxygens (including phenoxy) is 1. The molecule has 0 aliphatic carbocycles. The molecule has 1 N–H and O–H groups in total. The predicted octanol–water partition coefficient (Wildman–Crippen LogP) is 3.60. The quantitative estimate of drug-likeness (QED) is 0.880. The molecule has 1 saturated heterocycles. The third-order valence-corrected chi connectivity index (χ3v) is 3.97. The van der Waals surface area contributed by atoms with E-state index in [0.717, 1.165) is 25.7 Å². The van der Waals surface area contributed by atoms with Crippen LogP contribution in [0.5, 0.6) is 0 Å². The Morgan fingerprint density at radius 1 is 1.43 bits per heavy atom. The SMILES string of the molecule is CCN1CCOC(CNc2ccc(Br)cc2C(F)(F)F)C1. The summed E-state index contributed by atoms with van der Waals surface area (Å²) in [5.41, 5.74) is -0.581. The number of hydrogen-bond donors (Lipinski definition) is 1. The first kappa shape index (κ1) is 16.6. The Morgan fingerprint density at radius 2 is 2.19 bits per heavy atom. The van der Waals surface area contributed by atoms with Crippen molar-refractivity contribution in [2.45, 2.75) is 19.2 Å². The molecular formula is C14H18BrF3N2O. The molecule has 1 fully saturated rings. The minimum atomic E-state index is -4.38. The van der Waals surface area contributed by atoms with Crippen molar-refractivity contribution in [2.75, 3.05) is 38.1 Å². The Morgan fingerprint density at radius 3 is 2.86 bits per heavy atom. The van der Waals surface area contributed by atoms with Crippen LogP contribution in [-0.4, -0.2) is 43.8 Å². The number of morpholine rings is 1. The molecule has 0 bridgehead atoms. The van der Waals surface area contributed by atoms with Gasteiger partial charge in [-0.2, -0.15) is 13.2 Å². The van der Waals surface area contributed by atoms with E-state index in [2.05, 4.69) is 33.1 Å². The number of likely N-dealkylation sites (N-methyl/N-ethyl adjacent to an activating group) is 1. The fraction of sp³-hybridized carbons (Fsp3) is 0.571. The molecule has 0 radical (unpaired) electrons. The average Bonchev–Trinajstić information content (AvgIpc) is 2.45. The summed E-state index contributed by atoms with van der Waals surface area (Å²) in [4.78, 5) is 2.22. The first-order chi connectivity index (χ1) is 9.90. The number of rotatable bonds is 4. The van der Waals surface area contributed by atoms with Gasteiger partial charge in [0.2, 0.25) is 0 Å². The second-order valence-corrected chi connectivity index (χ2v) is 5.87. The minimum absolute atomic E-state index is 0.0860. The highest BCUT2D eigenvalue weighted by molar-refractivity contribution is 9.10. The first-order valence-corrected chi connectivity index (χ1v) is 7.64. The van der Waals surface area contributed by atoms with Crippen molar-refractivity contribution in [1.29, 1.82) is 0 Å². The topological polar surface area (TPSA) is 24.5 Å². The molecule has 1 aromatic carbocycles. The Hall–Kier alpha value is -0.790. The molecule has 1 atom stereocenters. The Labute approximate surface area is 130 Å². The van der Waals surface area contributed by atoms with Crippen molar-refractivity contribution in [2.24, 2.45) is 0 Å². The van der Waals surface area contributed by atoms with E-state index in [-0.39, 0.29) is 11.8 Å². The molecule has 3 nitrogen and oxygen atoms in total. The number of hydrogen-bond acceptors (Lipinski definition) is 3. The van der Waals surface area contributed by atoms with E-state index in [1.165, 1.54) is 6.07 Å². The molecule has 1 aliphatic heterocycles. The van der Waals surface area contributed by atoms with Crippen LogP contribution >= 0.6 is 15.9 Å². The lowest BCUT2D eigenvalue weighted by molar-refractivity contribution is -0.137. The lowest BCUT2D eigenvalue weighted by Gasteiger charge is -2.32. The molecule has 0 aromatic heterocycles. The van der Waals surface area contributed by atoms with Crippen LogP contribution in [0.1, 0.15) is 12.5 Å². The van der Waals surface area contributed by atoms with Crippen LogP contribution in [0.4, 0.5) is 18.9 Å². The van der Waals surface area contributed by atoms with Gasteiger partial charge in [0, 0.05) is 29.8 Å². The third-order valence-electron chi connectivity index (χ3n) is 3.48. The zero-order chi connectivity index (χ0) is 15.5. The lowest BCUT2D eigenvalue weighted by atomic mass is 10.1. The maximum absolute atomic E-state index is 13.0. The summed E-state index contributed by atoms with van der Waals surface area (Å²) < 4.78 is 45.0. The van der Waals surface area contributed by atoms with Crippen molar-refractivity contribution in [1.82, 2.24) is 4.90 Å². The van der Waals surface area contributed by atoms with E-state index < -0.39 is 11.7 Å². The Kier molecular flexibility index (Phi) is 5.51. The zero-order valence-corrected chi connectivity index (χ0v) is 13.3. The summed E-state index contributed by atoms with van der Waals surface area (Å²) in [5.74, 6) is 0. The maximum atomic E-state index is 13.0. The van der Waals surface area contributed by atoms with E-state index in [1.54, 1.807) is 6.07 Å². The minimum Gasteiger partial charge on any atom is -0.382 e. The van der Waals surface area contributed by atoms with Gasteiger partial charge < -0.3 is 10.1 Å². The first-order valence-electron chi connectivity index (χ1n) is 6.84. The highest BCUT2D eigenvalue weighted by atomic mass is 79.9. The monoisotopic (exact) mass is 366 g/mol. The van der Waals surface area contributed by atoms with Crippen LogP contribution in [-0.2, 0) is 10.9 Å². The van der Waals surface area contributed by atoms with Crippen LogP contribution in [0.25, 0.3) is 0 Å². The number of alkyl halides is 3. The van der Waals surface area contributed by atoms with E-state index in [1.807, 2.05) is 0 Å². The van der Waals surface area contributed by atoms with Crippen molar-refractivity contribution in [3.05, 3.63) is 28.2 Å². The number of nitrogens with one attached hydrogen (secondary N) is 1. The van der Waals surface area contributed by atoms with Gasteiger partial charge in [0.05, 0.1) is 18.3 Å². The van der Waals surface area contributed by atoms with Gasteiger partial charge >= 0.3 is 6.18 Å². The molecule has 2 rings (SSSR count). The third kappa shape index (κ3) is 4.59. The fourth-order valence-corrected chi connectivity index (χ4v) is 2.68. The Balaban J connectivity index is 2.03. The van der Waals surface area contributed by atoms with Crippen LogP contribution in [0.3, 0.4) is 0 Å². The maximum Gasteiger partial charge on any atom is 0.418 e. The number of anilines is 1. The number of nitrogens with zero attached hydrogens (tertiary/aromatic N) is 1. The van der Waals surface area contributed by atoms with Gasteiger partial charge in [-0.3, -0.25) is 4.90 Å². The molecule has 1 unspecified atom stereocenters. The van der Waals surface area contributed by atoms with Gasteiger partial charge in [-0.25, -0.2) is 0 Å². The number of benzene rings is 1. The van der Waals surface area contributed by atoms with Crippen LogP contribution < -0.4 is 5.32 Å². The zero-order valence-electron chi connectivity index (χ0n) is 11.7. The summed E-state index contributed by atoms with van der Waals surface area (Å²) >= 11 is 3.07. The summed E-state index contributed by atoms with van der Waals surface area (Å²) in [5, 5.41) is 2.87. The predicted molar refractivity (Wildman–Crippen MR) is 79.5 cm³/mol. The van der Waals surface area contributed by atoms with Crippen molar-refractivity contribution in [3.8, 4) is 0 Å². The van der Waals surface area contributed by atoms with E-state index in [9.17, 15) is 13.2 Å². The number of halogens is 4. The van der Waals surface area contributed by atoms with Gasteiger partial charge in [-0.15, -0.1) is 0 Å². The van der Waals surface area contributed by atoms with Gasteiger partial charge in [-0.05, 0) is 24.7 Å². The fourth-order valence-electron chi connectivity index (χ4n) is 2.32. The average molecular weight is 367 g/mol. The summed E-state index contributed by atoms with van der Waals surface area (Å²) in [7, 11) is 0. The lowest BCUT2D eigenvalue weighted by Crippen LogP contribution is -2.45. The van der Waals surface area contributed by atoms with E-state index >= 15 is 0 Å². The second-order valence-electron chi connectivity index (χ2n) is 4.95. The molecule has 7 heteroatoms. The molecule has 21 heavy (non-hydrogen) atoms. The summed E-state index contributed by atoms with van der Waals surface area (Å²) in [6.45, 7) is 5.58. The molecule has 1 aliphatic rings. The molecule has 1 heterocycles. The molecule has 0 spiro atoms. The largest absolute Gasteiger partial charge is 0.418 e. The van der Waals surface area contributed by atoms with E-state index in [4.69, 9.17) is 4.74 Å². The normalized spacial score (nSPS) is 20.5. The smallest absolute Gasteiger partial charge is 0.382 e. The van der Waals surface area contributed by atoms with Gasteiger partial charge in [0.25, 0.3) is 0 Å². The summed E-state index contributed by atoms with van der Waals surface area (Å²) in [6, 6.07) is 4.12. The molecule has 1 aromatic rings. The van der Waals surface area contributed by atoms with Crippen LogP contribution in [0.15, 0.2) is 22.7 Å². The Bertz CT molecular complexity index is 482. The van der Waals surface area contributed by atoms with Crippen molar-refractivity contribution < 1.29 is 17.9 Å². The van der Waals surface area contributed by atoms with Crippen molar-refractivity contribution >= 4 is 21.6 Å². The van der Waals surface area contributed by atoms with E-state index in [0.29, 0.717) is 17.6 Å². The van der Waals surface area contributed by atoms with Crippen LogP contribution in [0, 0.1) is 0 Å². The van der Waals surface area contributed by atoms with Gasteiger partial charge in [-0.1, -0.05) is 22.9 Å². The summed E-state index contributed by atoms with van der Waals surface area (Å²) in [6.07, 6.45) is -4.47. The molecule has 0 amide bonds. The standard InChI is InChI=1S/C14H18BrF3N2O/c1-2-20-5-6-21-11(9-20)8-19-13-4-3-10(15)7-12(13)14(16,17)18/h3-4,7,11,19H,2,5-6,8-9H2,1H3. The van der Waals surface area contributed by atoms with Crippen molar-refractivity contribution in [3.63, 3.8) is 0 Å². The molecular weight excluding hydrogens is 349 g/mol. The second kappa shape index (κ2) is 6.98. The van der Waals surface area contributed by atoms with Crippen LogP contribution in [0.2, 0.25) is 0 Å². The van der Waals surface area contributed by atoms with Gasteiger partial charge in [0.15, 0.2) is 0 Å². The molecule has 118 valence electrons. The van der Waals surface area contributed by atoms with Gasteiger partial charge in [0.1, 0.15) is 0 Å². The molecule has 0 saturated carbocycles. The highest BCUT2D eigenvalue weighted by Crippen LogP contribution is 2.36. The highest BCUT2D eigenvalue weighted by Gasteiger charge is 2.34.